The van der Waals surface area contributed by atoms with Crippen LogP contribution < -0.4 is 65.6 Å². The summed E-state index contributed by atoms with van der Waals surface area (Å²) >= 11 is 0. The monoisotopic (exact) mass is 1660 g/mol. The van der Waals surface area contributed by atoms with Crippen LogP contribution in [0.5, 0.6) is 0 Å². The number of phosphoric ester groups is 1. The van der Waals surface area contributed by atoms with Crippen molar-refractivity contribution in [3.63, 3.8) is 0 Å². The lowest BCUT2D eigenvalue weighted by Gasteiger charge is -2.48. The number of imidazole rings is 1. The molecule has 9 heterocycles. The van der Waals surface area contributed by atoms with Gasteiger partial charge in [-0.2, -0.15) is 0 Å². The number of rotatable bonds is 34. The van der Waals surface area contributed by atoms with Gasteiger partial charge in [-0.1, -0.05) is 34.6 Å². The van der Waals surface area contributed by atoms with E-state index in [9.17, 15) is 62.8 Å². The maximum Gasteiger partial charge on any atom is 0.472 e. The molecule has 2 aromatic carbocycles. The molecule has 0 spiro atoms. The average Bonchev–Trinajstić information content (AvgIpc) is 1.52. The van der Waals surface area contributed by atoms with Crippen LogP contribution in [-0.2, 0) is 51.9 Å². The van der Waals surface area contributed by atoms with Crippen molar-refractivity contribution < 1.29 is 76.2 Å². The van der Waals surface area contributed by atoms with E-state index < -0.39 is 155 Å². The summed E-state index contributed by atoms with van der Waals surface area (Å²) in [6.07, 6.45) is -0.827. The van der Waals surface area contributed by atoms with Crippen molar-refractivity contribution in [2.75, 3.05) is 57.3 Å². The first-order chi connectivity index (χ1) is 55.6. The van der Waals surface area contributed by atoms with Crippen molar-refractivity contribution in [2.24, 2.45) is 89.0 Å². The first-order valence-corrected chi connectivity index (χ1v) is 42.4. The Labute approximate surface area is 684 Å². The fraction of sp³-hybridized carbons (Fsp3) is 0.602. The van der Waals surface area contributed by atoms with Crippen LogP contribution in [0.4, 0.5) is 10.1 Å². The van der Waals surface area contributed by atoms with Crippen molar-refractivity contribution in [1.82, 2.24) is 40.7 Å². The van der Waals surface area contributed by atoms with Crippen molar-refractivity contribution in [1.29, 1.82) is 0 Å². The molecule has 2 aromatic heterocycles. The number of nitrogens with one attached hydrogen (secondary N) is 5. The van der Waals surface area contributed by atoms with Crippen LogP contribution in [0.3, 0.4) is 0 Å². The van der Waals surface area contributed by atoms with Gasteiger partial charge in [0.25, 0.3) is 5.91 Å². The zero-order valence-corrected chi connectivity index (χ0v) is 70.0. The summed E-state index contributed by atoms with van der Waals surface area (Å²) in [4.78, 5) is 160. The molecule has 4 aromatic rings. The summed E-state index contributed by atoms with van der Waals surface area (Å²) in [7, 11) is -5.12. The van der Waals surface area contributed by atoms with E-state index in [0.29, 0.717) is 107 Å². The van der Waals surface area contributed by atoms with Crippen LogP contribution >= 0.6 is 7.82 Å². The molecule has 33 nitrogen and oxygen atoms in total. The third-order valence-corrected chi connectivity index (χ3v) is 27.7. The Kier molecular flexibility index (Phi) is 25.6. The van der Waals surface area contributed by atoms with Crippen LogP contribution in [0.1, 0.15) is 192 Å². The summed E-state index contributed by atoms with van der Waals surface area (Å²) in [5.74, 6) is -8.53. The molecule has 4 fully saturated rings. The van der Waals surface area contributed by atoms with Gasteiger partial charge >= 0.3 is 7.82 Å². The smallest absolute Gasteiger partial charge is 0.394 e. The number of primary amides is 5. The number of aliphatic hydroxyl groups excluding tert-OH is 2. The summed E-state index contributed by atoms with van der Waals surface area (Å²) in [5, 5.41) is 37.8. The number of aliphatic imine (C=N–C) groups is 3. The lowest BCUT2D eigenvalue weighted by Crippen LogP contribution is -2.56. The third kappa shape index (κ3) is 17.4. The van der Waals surface area contributed by atoms with E-state index in [1.165, 1.54) is 19.3 Å². The molecule has 35 heteroatoms. The number of carbonyl (C=O) groups excluding carboxylic acids is 8. The maximum atomic E-state index is 15.8. The van der Waals surface area contributed by atoms with Crippen molar-refractivity contribution in [2.45, 2.75) is 221 Å². The Hall–Kier alpha value is -9.41. The van der Waals surface area contributed by atoms with Gasteiger partial charge in [-0.3, -0.25) is 67.2 Å². The fourth-order valence-corrected chi connectivity index (χ4v) is 20.8. The van der Waals surface area contributed by atoms with E-state index >= 15 is 4.39 Å². The zero-order chi connectivity index (χ0) is 85.8. The Balaban J connectivity index is 0.839. The van der Waals surface area contributed by atoms with E-state index in [4.69, 9.17) is 57.4 Å². The highest BCUT2D eigenvalue weighted by Crippen LogP contribution is 2.63. The molecule has 8 aliphatic rings. The predicted molar refractivity (Wildman–Crippen MR) is 440 cm³/mol. The van der Waals surface area contributed by atoms with Crippen LogP contribution in [0.15, 0.2) is 90.9 Å². The second-order valence-electron chi connectivity index (χ2n) is 35.0. The number of allylic oxidation sites excluding steroid dienone is 6. The van der Waals surface area contributed by atoms with E-state index in [0.717, 1.165) is 24.0 Å². The molecule has 18 N–H and O–H groups in total. The number of amides is 8. The Morgan fingerprint density at radius 1 is 0.771 bits per heavy atom. The highest BCUT2D eigenvalue weighted by Gasteiger charge is 2.67. The number of unbranched alkanes of at least 4 members (excludes halogenated alkanes) is 1. The van der Waals surface area contributed by atoms with Gasteiger partial charge in [0.15, 0.2) is 6.23 Å². The summed E-state index contributed by atoms with van der Waals surface area (Å²) in [5.41, 5.74) is 31.7. The number of hydrogen-bond donors (Lipinski definition) is 13. The van der Waals surface area contributed by atoms with E-state index in [-0.39, 0.29) is 113 Å². The highest BCUT2D eigenvalue weighted by molar-refractivity contribution is 7.47. The summed E-state index contributed by atoms with van der Waals surface area (Å²) in [6.45, 7) is 22.0. The molecule has 1 saturated carbocycles. The van der Waals surface area contributed by atoms with Crippen LogP contribution in [-0.4, -0.2) is 182 Å². The van der Waals surface area contributed by atoms with Gasteiger partial charge in [-0.25, -0.2) is 13.9 Å². The molecule has 1 unspecified atom stereocenters. The molecule has 15 atom stereocenters. The van der Waals surface area contributed by atoms with Gasteiger partial charge in [0.2, 0.25) is 46.8 Å². The number of pyridine rings is 1. The highest BCUT2D eigenvalue weighted by atomic mass is 31.2. The number of carbonyl (C=O) groups is 8. The topological polar surface area (TPSA) is 512 Å². The number of benzene rings is 2. The Morgan fingerprint density at radius 3 is 2.06 bits per heavy atom. The normalized spacial score (nSPS) is 29.2. The third-order valence-electron chi connectivity index (χ3n) is 26.5. The maximum absolute atomic E-state index is 15.8. The van der Waals surface area contributed by atoms with Crippen molar-refractivity contribution in [3.8, 4) is 0 Å². The van der Waals surface area contributed by atoms with Crippen molar-refractivity contribution in [3.05, 3.63) is 104 Å². The van der Waals surface area contributed by atoms with Crippen LogP contribution in [0, 0.1) is 65.0 Å². The van der Waals surface area contributed by atoms with E-state index in [2.05, 4.69) is 31.6 Å². The molecule has 8 bridgehead atoms. The van der Waals surface area contributed by atoms with Gasteiger partial charge in [-0.15, -0.1) is 0 Å². The molecule has 8 amide bonds. The number of piperazine rings is 1. The minimum absolute atomic E-state index is 0.0248. The van der Waals surface area contributed by atoms with E-state index in [1.807, 2.05) is 96.9 Å². The van der Waals surface area contributed by atoms with Gasteiger partial charge in [0, 0.05) is 188 Å². The van der Waals surface area contributed by atoms with Gasteiger partial charge in [0.05, 0.1) is 52.9 Å². The Bertz CT molecular complexity index is 5020. The molecular formula is C83H115FN17O16P. The number of ether oxygens (including phenoxy) is 1. The first-order valence-electron chi connectivity index (χ1n) is 40.9. The molecule has 118 heavy (non-hydrogen) atoms. The minimum Gasteiger partial charge on any atom is -0.394 e. The molecule has 12 rings (SSSR count). The lowest BCUT2D eigenvalue weighted by atomic mass is 9.55. The van der Waals surface area contributed by atoms with Crippen LogP contribution in [0.25, 0.3) is 21.9 Å². The number of aliphatic hydroxyl groups is 2. The number of aryl methyl sites for hydroxylation is 2. The number of hydrogen-bond acceptors (Lipinski definition) is 22. The van der Waals surface area contributed by atoms with E-state index in [1.54, 1.807) is 16.8 Å². The van der Waals surface area contributed by atoms with Gasteiger partial charge in [0.1, 0.15) is 29.7 Å². The number of nitrogens with zero attached hydrogens (tertiary/aromatic N) is 7. The summed E-state index contributed by atoms with van der Waals surface area (Å²) in [6, 6.07) is 5.61. The number of anilines is 1. The number of halogens is 1. The number of nitrogens with two attached hydrogens (primary N) is 5. The largest absolute Gasteiger partial charge is 0.472 e. The first kappa shape index (κ1) is 87.9. The average molecular weight is 1660 g/mol. The standard InChI is InChI=1S/C83H115FN17O16P/c1-42-30-56-59(31-43(42)2)101(41-94-56)78-72(111)73(60(40-102)115-78)117-118(113,114)116-44(3)38-93-68(109)22-23-80(8)53(33-64(87)105)76-83(11)82(10,37-66(89)107)52(18-21-67(108)91-24-12-13-25-92-77(112)49-39-100(47-14-15-47)57-35-58(99-28-26-90-27-29-99)54(84)32-48(57)71(49)110)70(98-83)46(5)75-81(9,36-65(88)106)50(16-19-62(85)103)55(95-75)34-61-79(6,7)51(17-20-63(86)104)69(96-61)45(4)74(80)97-76/h30-32,34-35,39,41,44,47,50-53,60,72-73,76,78,90,95,102,111H,12-29,33,36-38,40H2,1-11H3,(H2,85,103)(H2,86,104)(H2,87,105)(H2,88,106)(H2,89,107)(H,91,108)(H,92,112)(H,93,109)(H,113,114)/b55-34?,69-45?,75-46-/t44-,50-,51-,52-,53+,60-,72-,73-,76-,78+,80-,81+,82+,83+/m1/s1. The van der Waals surface area contributed by atoms with Gasteiger partial charge in [-0.05, 0) is 146 Å². The van der Waals surface area contributed by atoms with Crippen LogP contribution in [0.2, 0.25) is 0 Å². The Morgan fingerprint density at radius 2 is 1.42 bits per heavy atom. The quantitative estimate of drug-likeness (QED) is 0.0211. The van der Waals surface area contributed by atoms with Gasteiger partial charge < -0.3 is 89.1 Å². The SMILES string of the molecule is CC1=C2N=C(C=C3N/C(=C(/C)C4=N[C@@](C)([C@@H]5N=C1[C@](C)(CCC(=O)NC[C@@H](C)OP(=O)(O)O[C@H]1[C@@H](O)[C@@H](n6cnc7cc(C)c(C)cc76)O[C@@H]1CO)[C@H]5CC(N)=O)[C@@](C)(CC(N)=O)[C@@H]4CCC(=O)NCCCCNC(=O)c1cn(C4CC4)c4cc(N5CCNCC5)c(F)cc4c1=O)[C@@](C)(CC(N)=O)[C@@H]3CCC(N)=O)C(C)(C)[C@@H]2CCC(N)=O. The summed E-state index contributed by atoms with van der Waals surface area (Å²) < 4.78 is 50.3. The zero-order valence-electron chi connectivity index (χ0n) is 69.1. The molecule has 1 aliphatic carbocycles. The molecule has 0 radical (unpaired) electrons. The molecule has 7 aliphatic heterocycles. The fourth-order valence-electron chi connectivity index (χ4n) is 19.6. The molecular weight excluding hydrogens is 1540 g/mol. The number of fused-ring (bicyclic) bond motifs is 8. The molecule has 640 valence electrons. The minimum atomic E-state index is -5.12. The second-order valence-corrected chi connectivity index (χ2v) is 36.4. The number of aromatic nitrogens is 3. The lowest BCUT2D eigenvalue weighted by molar-refractivity contribution is -0.124. The molecule has 3 saturated heterocycles. The second kappa shape index (κ2) is 34.4. The predicted octanol–water partition coefficient (Wildman–Crippen LogP) is 5.20. The number of phosphoric acid groups is 1. The van der Waals surface area contributed by atoms with Crippen molar-refractivity contribution >= 4 is 99.8 Å².